The van der Waals surface area contributed by atoms with Crippen LogP contribution in [0.3, 0.4) is 0 Å². The standard InChI is InChI=1S/C11H21NO5/c1-6-17-11(3,4)10(15)12-8(7(2)13)9(14)16-5/h7-8,13H,6H2,1-5H3,(H,12,15)/t7-,8+/m1/s1. The highest BCUT2D eigenvalue weighted by atomic mass is 16.5. The number of aliphatic hydroxyl groups is 1. The molecule has 0 aliphatic carbocycles. The Morgan fingerprint density at radius 1 is 1.41 bits per heavy atom. The first-order valence-corrected chi connectivity index (χ1v) is 5.47. The summed E-state index contributed by atoms with van der Waals surface area (Å²) in [4.78, 5) is 23.2. The predicted octanol–water partition coefficient (Wildman–Crippen LogP) is -0.160. The minimum absolute atomic E-state index is 0.373. The van der Waals surface area contributed by atoms with Gasteiger partial charge in [0.05, 0.1) is 13.2 Å². The summed E-state index contributed by atoms with van der Waals surface area (Å²) in [6.45, 7) is 6.71. The fourth-order valence-electron chi connectivity index (χ4n) is 1.24. The second kappa shape index (κ2) is 6.56. The Hall–Kier alpha value is -1.14. The van der Waals surface area contributed by atoms with Crippen molar-refractivity contribution in [3.63, 3.8) is 0 Å². The molecule has 0 aromatic carbocycles. The second-order valence-corrected chi connectivity index (χ2v) is 4.16. The van der Waals surface area contributed by atoms with Crippen LogP contribution in [0.2, 0.25) is 0 Å². The number of esters is 1. The van der Waals surface area contributed by atoms with Crippen LogP contribution >= 0.6 is 0 Å². The predicted molar refractivity (Wildman–Crippen MR) is 61.3 cm³/mol. The Morgan fingerprint density at radius 3 is 2.29 bits per heavy atom. The molecule has 2 N–H and O–H groups in total. The van der Waals surface area contributed by atoms with E-state index < -0.39 is 29.6 Å². The summed E-state index contributed by atoms with van der Waals surface area (Å²) in [5, 5.41) is 11.8. The molecule has 6 heteroatoms. The molecule has 0 rings (SSSR count). The Morgan fingerprint density at radius 2 is 1.94 bits per heavy atom. The van der Waals surface area contributed by atoms with Gasteiger partial charge in [-0.3, -0.25) is 4.79 Å². The molecule has 0 saturated carbocycles. The molecule has 0 bridgehead atoms. The summed E-state index contributed by atoms with van der Waals surface area (Å²) < 4.78 is 9.73. The maximum atomic E-state index is 11.8. The molecule has 0 unspecified atom stereocenters. The number of hydrogen-bond acceptors (Lipinski definition) is 5. The number of ether oxygens (including phenoxy) is 2. The van der Waals surface area contributed by atoms with Crippen molar-refractivity contribution >= 4 is 11.9 Å². The van der Waals surface area contributed by atoms with Crippen LogP contribution in [-0.2, 0) is 19.1 Å². The van der Waals surface area contributed by atoms with Crippen molar-refractivity contribution in [1.29, 1.82) is 0 Å². The van der Waals surface area contributed by atoms with E-state index >= 15 is 0 Å². The normalized spacial score (nSPS) is 14.9. The highest BCUT2D eigenvalue weighted by Crippen LogP contribution is 2.10. The smallest absolute Gasteiger partial charge is 0.331 e. The van der Waals surface area contributed by atoms with Gasteiger partial charge in [-0.25, -0.2) is 4.79 Å². The van der Waals surface area contributed by atoms with Crippen molar-refractivity contribution in [3.8, 4) is 0 Å². The molecule has 100 valence electrons. The second-order valence-electron chi connectivity index (χ2n) is 4.16. The summed E-state index contributed by atoms with van der Waals surface area (Å²) in [5.41, 5.74) is -1.06. The SMILES string of the molecule is CCOC(C)(C)C(=O)N[C@H](C(=O)OC)[C@@H](C)O. The molecule has 0 spiro atoms. The molecule has 1 amide bonds. The van der Waals surface area contributed by atoms with E-state index in [1.807, 2.05) is 0 Å². The van der Waals surface area contributed by atoms with Crippen LogP contribution in [0.1, 0.15) is 27.7 Å². The van der Waals surface area contributed by atoms with Gasteiger partial charge in [0.1, 0.15) is 5.60 Å². The molecular weight excluding hydrogens is 226 g/mol. The molecule has 0 radical (unpaired) electrons. The average molecular weight is 247 g/mol. The monoisotopic (exact) mass is 247 g/mol. The first kappa shape index (κ1) is 15.9. The zero-order valence-corrected chi connectivity index (χ0v) is 10.9. The quantitative estimate of drug-likeness (QED) is 0.637. The zero-order chi connectivity index (χ0) is 13.6. The Bertz CT molecular complexity index is 275. The van der Waals surface area contributed by atoms with E-state index in [0.29, 0.717) is 6.61 Å². The highest BCUT2D eigenvalue weighted by molar-refractivity contribution is 5.89. The van der Waals surface area contributed by atoms with Gasteiger partial charge in [0.15, 0.2) is 6.04 Å². The van der Waals surface area contributed by atoms with Gasteiger partial charge >= 0.3 is 5.97 Å². The maximum Gasteiger partial charge on any atom is 0.331 e. The van der Waals surface area contributed by atoms with E-state index in [1.165, 1.54) is 14.0 Å². The number of methoxy groups -OCH3 is 1. The number of hydrogen-bond donors (Lipinski definition) is 2. The van der Waals surface area contributed by atoms with Gasteiger partial charge in [-0.2, -0.15) is 0 Å². The first-order chi connectivity index (χ1) is 7.76. The molecule has 0 aliphatic rings. The van der Waals surface area contributed by atoms with Gasteiger partial charge in [0.25, 0.3) is 5.91 Å². The van der Waals surface area contributed by atoms with Gasteiger partial charge in [0, 0.05) is 6.61 Å². The number of amides is 1. The number of carbonyl (C=O) groups excluding carboxylic acids is 2. The molecule has 0 fully saturated rings. The summed E-state index contributed by atoms with van der Waals surface area (Å²) in [5.74, 6) is -1.17. The van der Waals surface area contributed by atoms with Crippen molar-refractivity contribution in [3.05, 3.63) is 0 Å². The van der Waals surface area contributed by atoms with Crippen LogP contribution in [0.25, 0.3) is 0 Å². The minimum Gasteiger partial charge on any atom is -0.467 e. The third-order valence-electron chi connectivity index (χ3n) is 2.28. The Balaban J connectivity index is 4.67. The first-order valence-electron chi connectivity index (χ1n) is 5.47. The Labute approximate surface area is 101 Å². The maximum absolute atomic E-state index is 11.8. The number of carbonyl (C=O) groups is 2. The molecule has 17 heavy (non-hydrogen) atoms. The fraction of sp³-hybridized carbons (Fsp3) is 0.818. The van der Waals surface area contributed by atoms with E-state index in [2.05, 4.69) is 10.1 Å². The topological polar surface area (TPSA) is 84.9 Å². The summed E-state index contributed by atoms with van der Waals surface area (Å²) in [7, 11) is 1.19. The van der Waals surface area contributed by atoms with Crippen molar-refractivity contribution in [2.75, 3.05) is 13.7 Å². The van der Waals surface area contributed by atoms with Gasteiger partial charge in [0.2, 0.25) is 0 Å². The third-order valence-corrected chi connectivity index (χ3v) is 2.28. The lowest BCUT2D eigenvalue weighted by atomic mass is 10.1. The van der Waals surface area contributed by atoms with Crippen molar-refractivity contribution in [1.82, 2.24) is 5.32 Å². The molecule has 0 aliphatic heterocycles. The molecule has 0 aromatic rings. The minimum atomic E-state index is -1.09. The molecule has 0 aromatic heterocycles. The van der Waals surface area contributed by atoms with E-state index in [0.717, 1.165) is 0 Å². The summed E-state index contributed by atoms with van der Waals surface area (Å²) in [6, 6.07) is -1.09. The highest BCUT2D eigenvalue weighted by Gasteiger charge is 2.34. The molecule has 6 nitrogen and oxygen atoms in total. The number of aliphatic hydroxyl groups excluding tert-OH is 1. The van der Waals surface area contributed by atoms with Crippen molar-refractivity contribution in [2.24, 2.45) is 0 Å². The van der Waals surface area contributed by atoms with Crippen LogP contribution < -0.4 is 5.32 Å². The van der Waals surface area contributed by atoms with Crippen LogP contribution in [0.5, 0.6) is 0 Å². The largest absolute Gasteiger partial charge is 0.467 e. The lowest BCUT2D eigenvalue weighted by Gasteiger charge is -2.27. The number of nitrogens with one attached hydrogen (secondary N) is 1. The van der Waals surface area contributed by atoms with Crippen LogP contribution in [0.4, 0.5) is 0 Å². The van der Waals surface area contributed by atoms with Crippen LogP contribution in [0, 0.1) is 0 Å². The van der Waals surface area contributed by atoms with Gasteiger partial charge < -0.3 is 19.9 Å². The Kier molecular flexibility index (Phi) is 6.12. The van der Waals surface area contributed by atoms with Crippen molar-refractivity contribution in [2.45, 2.75) is 45.4 Å². The van der Waals surface area contributed by atoms with Gasteiger partial charge in [-0.05, 0) is 27.7 Å². The van der Waals surface area contributed by atoms with Gasteiger partial charge in [-0.1, -0.05) is 0 Å². The van der Waals surface area contributed by atoms with E-state index in [9.17, 15) is 14.7 Å². The van der Waals surface area contributed by atoms with Crippen LogP contribution in [-0.4, -0.2) is 48.4 Å². The summed E-state index contributed by atoms with van der Waals surface area (Å²) in [6.07, 6.45) is -1.04. The van der Waals surface area contributed by atoms with Gasteiger partial charge in [-0.15, -0.1) is 0 Å². The lowest BCUT2D eigenvalue weighted by molar-refractivity contribution is -0.153. The van der Waals surface area contributed by atoms with Crippen LogP contribution in [0.15, 0.2) is 0 Å². The fourth-order valence-corrected chi connectivity index (χ4v) is 1.24. The summed E-state index contributed by atoms with van der Waals surface area (Å²) >= 11 is 0. The zero-order valence-electron chi connectivity index (χ0n) is 10.9. The molecular formula is C11H21NO5. The van der Waals surface area contributed by atoms with Crippen molar-refractivity contribution < 1.29 is 24.2 Å². The molecule has 0 heterocycles. The molecule has 2 atom stereocenters. The van der Waals surface area contributed by atoms with E-state index in [4.69, 9.17) is 4.74 Å². The van der Waals surface area contributed by atoms with E-state index in [1.54, 1.807) is 20.8 Å². The number of rotatable bonds is 6. The third kappa shape index (κ3) is 4.70. The average Bonchev–Trinajstić information content (AvgIpc) is 2.23. The lowest BCUT2D eigenvalue weighted by Crippen LogP contribution is -2.54. The molecule has 0 saturated heterocycles. The van der Waals surface area contributed by atoms with E-state index in [-0.39, 0.29) is 0 Å².